The van der Waals surface area contributed by atoms with E-state index in [-0.39, 0.29) is 0 Å². The van der Waals surface area contributed by atoms with Gasteiger partial charge in [0.05, 0.1) is 19.4 Å². The van der Waals surface area contributed by atoms with Gasteiger partial charge in [0.2, 0.25) is 17.8 Å². The molecule has 0 amide bonds. The largest absolute Gasteiger partial charge is 0.378 e. The van der Waals surface area contributed by atoms with E-state index in [0.717, 1.165) is 44.8 Å². The molecule has 0 atom stereocenters. The topological polar surface area (TPSA) is 90.8 Å². The summed E-state index contributed by atoms with van der Waals surface area (Å²) in [4.78, 5) is 18.1. The van der Waals surface area contributed by atoms with Crippen molar-refractivity contribution in [2.24, 2.45) is 5.10 Å². The fourth-order valence-corrected chi connectivity index (χ4v) is 3.02. The van der Waals surface area contributed by atoms with Crippen molar-refractivity contribution < 1.29 is 4.74 Å². The molecule has 9 nitrogen and oxygen atoms in total. The Labute approximate surface area is 158 Å². The molecule has 0 radical (unpaired) electrons. The molecular formula is C18H24N8O. The van der Waals surface area contributed by atoms with E-state index in [1.807, 2.05) is 30.3 Å². The molecule has 27 heavy (non-hydrogen) atoms. The number of hydrogen-bond acceptors (Lipinski definition) is 9. The summed E-state index contributed by atoms with van der Waals surface area (Å²) in [6, 6.07) is 9.91. The van der Waals surface area contributed by atoms with Gasteiger partial charge in [0.1, 0.15) is 0 Å². The van der Waals surface area contributed by atoms with Gasteiger partial charge in [-0.1, -0.05) is 30.3 Å². The Morgan fingerprint density at radius 2 is 1.59 bits per heavy atom. The minimum Gasteiger partial charge on any atom is -0.378 e. The SMILES string of the molecule is C(=NNc1nc(N2CCNCC2)nc(N2CCOCC2)n1)c1ccccc1. The van der Waals surface area contributed by atoms with E-state index in [2.05, 4.69) is 35.6 Å². The van der Waals surface area contributed by atoms with E-state index < -0.39 is 0 Å². The van der Waals surface area contributed by atoms with Gasteiger partial charge in [-0.15, -0.1) is 0 Å². The first kappa shape index (κ1) is 17.6. The van der Waals surface area contributed by atoms with Gasteiger partial charge in [-0.05, 0) is 5.56 Å². The second kappa shape index (κ2) is 8.74. The maximum absolute atomic E-state index is 5.44. The van der Waals surface area contributed by atoms with Crippen molar-refractivity contribution in [1.29, 1.82) is 0 Å². The molecule has 2 saturated heterocycles. The molecule has 9 heteroatoms. The molecule has 1 aromatic carbocycles. The summed E-state index contributed by atoms with van der Waals surface area (Å²) in [5.74, 6) is 1.80. The van der Waals surface area contributed by atoms with E-state index in [9.17, 15) is 0 Å². The number of nitrogens with one attached hydrogen (secondary N) is 2. The van der Waals surface area contributed by atoms with E-state index in [1.54, 1.807) is 6.21 Å². The van der Waals surface area contributed by atoms with Crippen molar-refractivity contribution >= 4 is 24.1 Å². The Morgan fingerprint density at radius 1 is 0.926 bits per heavy atom. The lowest BCUT2D eigenvalue weighted by Crippen LogP contribution is -2.44. The number of morpholine rings is 1. The monoisotopic (exact) mass is 368 g/mol. The van der Waals surface area contributed by atoms with Crippen LogP contribution in [0.3, 0.4) is 0 Å². The van der Waals surface area contributed by atoms with Crippen LogP contribution in [-0.4, -0.2) is 73.6 Å². The number of benzene rings is 1. The zero-order valence-electron chi connectivity index (χ0n) is 15.2. The Hall–Kier alpha value is -2.78. The predicted octanol–water partition coefficient (Wildman–Crippen LogP) is 0.564. The summed E-state index contributed by atoms with van der Waals surface area (Å²) >= 11 is 0. The number of anilines is 3. The fraction of sp³-hybridized carbons (Fsp3) is 0.444. The molecule has 2 aromatic rings. The van der Waals surface area contributed by atoms with Gasteiger partial charge >= 0.3 is 0 Å². The first-order chi connectivity index (χ1) is 13.4. The molecule has 142 valence electrons. The molecule has 0 spiro atoms. The van der Waals surface area contributed by atoms with Crippen LogP contribution >= 0.6 is 0 Å². The number of nitrogens with zero attached hydrogens (tertiary/aromatic N) is 6. The van der Waals surface area contributed by atoms with Crippen molar-refractivity contribution in [2.75, 3.05) is 67.7 Å². The molecule has 0 unspecified atom stereocenters. The smallest absolute Gasteiger partial charge is 0.250 e. The fourth-order valence-electron chi connectivity index (χ4n) is 3.02. The highest BCUT2D eigenvalue weighted by Gasteiger charge is 2.20. The summed E-state index contributed by atoms with van der Waals surface area (Å²) in [5.41, 5.74) is 3.97. The van der Waals surface area contributed by atoms with E-state index in [0.29, 0.717) is 31.1 Å². The number of hydrogen-bond donors (Lipinski definition) is 2. The van der Waals surface area contributed by atoms with Crippen molar-refractivity contribution in [3.05, 3.63) is 35.9 Å². The Bertz CT molecular complexity index is 721. The summed E-state index contributed by atoms with van der Waals surface area (Å²) in [7, 11) is 0. The maximum atomic E-state index is 5.44. The van der Waals surface area contributed by atoms with Gasteiger partial charge in [0.25, 0.3) is 0 Å². The number of rotatable bonds is 5. The Balaban J connectivity index is 1.55. The molecule has 0 aliphatic carbocycles. The average molecular weight is 368 g/mol. The van der Waals surface area contributed by atoms with E-state index >= 15 is 0 Å². The van der Waals surface area contributed by atoms with E-state index in [4.69, 9.17) is 9.72 Å². The third kappa shape index (κ3) is 4.69. The van der Waals surface area contributed by atoms with Crippen molar-refractivity contribution in [1.82, 2.24) is 20.3 Å². The molecule has 1 aromatic heterocycles. The highest BCUT2D eigenvalue weighted by atomic mass is 16.5. The van der Waals surface area contributed by atoms with Gasteiger partial charge in [0, 0.05) is 39.3 Å². The molecule has 4 rings (SSSR count). The van der Waals surface area contributed by atoms with Gasteiger partial charge in [-0.3, -0.25) is 0 Å². The van der Waals surface area contributed by atoms with Crippen LogP contribution < -0.4 is 20.5 Å². The lowest BCUT2D eigenvalue weighted by atomic mass is 10.2. The third-order valence-corrected chi connectivity index (χ3v) is 4.48. The first-order valence-electron chi connectivity index (χ1n) is 9.27. The minimum atomic E-state index is 0.451. The van der Waals surface area contributed by atoms with Crippen LogP contribution in [0.15, 0.2) is 35.4 Å². The lowest BCUT2D eigenvalue weighted by Gasteiger charge is -2.30. The van der Waals surface area contributed by atoms with Gasteiger partial charge in [0.15, 0.2) is 0 Å². The average Bonchev–Trinajstić information content (AvgIpc) is 2.76. The van der Waals surface area contributed by atoms with Crippen LogP contribution in [0.5, 0.6) is 0 Å². The highest BCUT2D eigenvalue weighted by Crippen LogP contribution is 2.18. The van der Waals surface area contributed by atoms with Gasteiger partial charge in [-0.25, -0.2) is 5.43 Å². The molecule has 2 aliphatic heterocycles. The second-order valence-corrected chi connectivity index (χ2v) is 6.38. The van der Waals surface area contributed by atoms with Crippen LogP contribution in [0.2, 0.25) is 0 Å². The quantitative estimate of drug-likeness (QED) is 0.585. The molecule has 3 heterocycles. The van der Waals surface area contributed by atoms with Crippen LogP contribution in [0.4, 0.5) is 17.8 Å². The van der Waals surface area contributed by atoms with Crippen LogP contribution in [0.1, 0.15) is 5.56 Å². The number of aromatic nitrogens is 3. The maximum Gasteiger partial charge on any atom is 0.250 e. The Morgan fingerprint density at radius 3 is 2.30 bits per heavy atom. The normalized spacial score (nSPS) is 18.1. The zero-order chi connectivity index (χ0) is 18.3. The second-order valence-electron chi connectivity index (χ2n) is 6.38. The lowest BCUT2D eigenvalue weighted by molar-refractivity contribution is 0.122. The zero-order valence-corrected chi connectivity index (χ0v) is 15.2. The van der Waals surface area contributed by atoms with Gasteiger partial charge < -0.3 is 19.9 Å². The molecule has 0 saturated carbocycles. The number of hydrazone groups is 1. The van der Waals surface area contributed by atoms with Crippen LogP contribution in [0.25, 0.3) is 0 Å². The van der Waals surface area contributed by atoms with Crippen molar-refractivity contribution in [3.8, 4) is 0 Å². The molecule has 2 fully saturated rings. The first-order valence-corrected chi connectivity index (χ1v) is 9.27. The van der Waals surface area contributed by atoms with Gasteiger partial charge in [-0.2, -0.15) is 20.1 Å². The van der Waals surface area contributed by atoms with Crippen LogP contribution in [0, 0.1) is 0 Å². The predicted molar refractivity (Wildman–Crippen MR) is 106 cm³/mol. The summed E-state index contributed by atoms with van der Waals surface area (Å²) in [6.07, 6.45) is 1.75. The molecule has 2 N–H and O–H groups in total. The van der Waals surface area contributed by atoms with Crippen molar-refractivity contribution in [2.45, 2.75) is 0 Å². The number of piperazine rings is 1. The summed E-state index contributed by atoms with van der Waals surface area (Å²) in [6.45, 7) is 6.52. The molecule has 0 bridgehead atoms. The molecular weight excluding hydrogens is 344 g/mol. The molecule has 2 aliphatic rings. The Kier molecular flexibility index (Phi) is 5.70. The van der Waals surface area contributed by atoms with Crippen LogP contribution in [-0.2, 0) is 4.74 Å². The third-order valence-electron chi connectivity index (χ3n) is 4.48. The highest BCUT2D eigenvalue weighted by molar-refractivity contribution is 5.79. The van der Waals surface area contributed by atoms with E-state index in [1.165, 1.54) is 0 Å². The minimum absolute atomic E-state index is 0.451. The van der Waals surface area contributed by atoms with Crippen molar-refractivity contribution in [3.63, 3.8) is 0 Å². The summed E-state index contributed by atoms with van der Waals surface area (Å²) < 4.78 is 5.44. The summed E-state index contributed by atoms with van der Waals surface area (Å²) in [5, 5.41) is 7.63. The standard InChI is InChI=1S/C18H24N8O/c1-2-4-15(5-3-1)14-20-24-16-21-17(25-8-6-19-7-9-25)23-18(22-16)26-10-12-27-13-11-26/h1-5,14,19H,6-13H2,(H,21,22,23,24). The number of ether oxygens (including phenoxy) is 1.